The molecule has 0 radical (unpaired) electrons. The zero-order valence-electron chi connectivity index (χ0n) is 16.2. The van der Waals surface area contributed by atoms with Crippen molar-refractivity contribution >= 4 is 28.0 Å². The number of Topliss-reactive ketones (excluding diaryl/α,β-unsaturated/α-hetero) is 1. The van der Waals surface area contributed by atoms with E-state index < -0.39 is 29.9 Å². The topological polar surface area (TPSA) is 63.6 Å². The van der Waals surface area contributed by atoms with Gasteiger partial charge in [0.1, 0.15) is 17.3 Å². The third-order valence-electron chi connectivity index (χ3n) is 4.07. The number of nitrogens with one attached hydrogen (secondary N) is 1. The molecule has 0 saturated carbocycles. The molecule has 0 spiro atoms. The van der Waals surface area contributed by atoms with Crippen LogP contribution in [0.15, 0.2) is 59.0 Å². The maximum atomic E-state index is 13.4. The fourth-order valence-corrected chi connectivity index (χ4v) is 3.22. The summed E-state index contributed by atoms with van der Waals surface area (Å²) in [6.45, 7) is 2.23. The summed E-state index contributed by atoms with van der Waals surface area (Å²) < 4.78 is 58.4. The van der Waals surface area contributed by atoms with E-state index in [0.717, 1.165) is 11.3 Å². The molecular weight excluding hydrogens is 434 g/mol. The number of carbonyl (C=O) groups excluding carboxylic acids is 1. The average Bonchev–Trinajstić information content (AvgIpc) is 3.20. The highest BCUT2D eigenvalue weighted by Gasteiger charge is 2.37. The molecule has 0 bridgehead atoms. The second-order valence-electron chi connectivity index (χ2n) is 6.27. The summed E-state index contributed by atoms with van der Waals surface area (Å²) >= 11 is 1.03. The Hall–Kier alpha value is -3.27. The van der Waals surface area contributed by atoms with Gasteiger partial charge in [-0.25, -0.2) is 9.37 Å². The number of hydrogen-bond acceptors (Lipinski definition) is 6. The van der Waals surface area contributed by atoms with Crippen molar-refractivity contribution in [3.8, 4) is 17.0 Å². The van der Waals surface area contributed by atoms with Crippen molar-refractivity contribution in [2.45, 2.75) is 19.5 Å². The quantitative estimate of drug-likeness (QED) is 0.199. The molecule has 2 aromatic carbocycles. The first-order chi connectivity index (χ1) is 14.8. The first-order valence-corrected chi connectivity index (χ1v) is 10.0. The fourth-order valence-electron chi connectivity index (χ4n) is 2.55. The van der Waals surface area contributed by atoms with E-state index in [2.05, 4.69) is 15.5 Å². The Morgan fingerprint density at radius 1 is 1.13 bits per heavy atom. The van der Waals surface area contributed by atoms with Crippen molar-refractivity contribution in [1.82, 2.24) is 4.98 Å². The number of carbonyl (C=O) groups is 1. The third-order valence-corrected chi connectivity index (χ3v) is 4.82. The minimum Gasteiger partial charge on any atom is -0.494 e. The monoisotopic (exact) mass is 451 g/mol. The number of ketones is 1. The second kappa shape index (κ2) is 9.69. The molecule has 1 N–H and O–H groups in total. The lowest BCUT2D eigenvalue weighted by molar-refractivity contribution is -0.0602. The molecule has 3 aromatic rings. The highest BCUT2D eigenvalue weighted by molar-refractivity contribution is 7.14. The van der Waals surface area contributed by atoms with Gasteiger partial charge in [-0.3, -0.25) is 10.2 Å². The molecule has 162 valence electrons. The largest absolute Gasteiger partial charge is 0.494 e. The fraction of sp³-hybridized carbons (Fsp3) is 0.190. The molecule has 0 fully saturated rings. The number of thiazole rings is 1. The molecular formula is C21H17F4N3O2S. The van der Waals surface area contributed by atoms with Crippen molar-refractivity contribution in [1.29, 1.82) is 0 Å². The molecule has 5 nitrogen and oxygen atoms in total. The van der Waals surface area contributed by atoms with Gasteiger partial charge in [-0.1, -0.05) is 0 Å². The minimum absolute atomic E-state index is 0.106. The van der Waals surface area contributed by atoms with E-state index in [1.165, 1.54) is 48.5 Å². The molecule has 31 heavy (non-hydrogen) atoms. The smallest absolute Gasteiger partial charge is 0.431 e. The zero-order chi connectivity index (χ0) is 22.4. The van der Waals surface area contributed by atoms with E-state index in [4.69, 9.17) is 4.74 Å². The number of alkyl halides is 3. The summed E-state index contributed by atoms with van der Waals surface area (Å²) in [4.78, 5) is 16.4. The number of nitrogens with zero attached hydrogens (tertiary/aromatic N) is 2. The molecule has 0 aliphatic heterocycles. The number of aromatic nitrogens is 1. The first-order valence-electron chi connectivity index (χ1n) is 9.13. The summed E-state index contributed by atoms with van der Waals surface area (Å²) in [5.41, 5.74) is 2.18. The molecule has 0 amide bonds. The van der Waals surface area contributed by atoms with Crippen LogP contribution in [0, 0.1) is 5.82 Å². The Bertz CT molecular complexity index is 1060. The summed E-state index contributed by atoms with van der Waals surface area (Å²) in [6.07, 6.45) is -5.73. The molecule has 0 saturated heterocycles. The van der Waals surface area contributed by atoms with Crippen LogP contribution in [0.3, 0.4) is 0 Å². The highest BCUT2D eigenvalue weighted by atomic mass is 32.1. The minimum atomic E-state index is -4.80. The van der Waals surface area contributed by atoms with Crippen LogP contribution >= 0.6 is 11.3 Å². The number of hydrogen-bond donors (Lipinski definition) is 1. The van der Waals surface area contributed by atoms with Crippen molar-refractivity contribution in [2.75, 3.05) is 12.0 Å². The number of hydrazone groups is 1. The number of benzene rings is 2. The Morgan fingerprint density at radius 2 is 1.81 bits per heavy atom. The molecule has 0 aliphatic carbocycles. The SMILES string of the molecule is CCOc1ccc(C(=O)C/C(=N\Nc2nc(-c3ccc(F)cc3)cs2)C(F)(F)F)cc1. The van der Waals surface area contributed by atoms with E-state index in [1.54, 1.807) is 12.3 Å². The summed E-state index contributed by atoms with van der Waals surface area (Å²) in [6, 6.07) is 11.4. The predicted octanol–water partition coefficient (Wildman–Crippen LogP) is 5.95. The van der Waals surface area contributed by atoms with Crippen LogP contribution < -0.4 is 10.2 Å². The normalized spacial score (nSPS) is 12.0. The van der Waals surface area contributed by atoms with Crippen molar-refractivity contribution in [3.05, 3.63) is 65.3 Å². The van der Waals surface area contributed by atoms with E-state index in [-0.39, 0.29) is 10.7 Å². The van der Waals surface area contributed by atoms with Gasteiger partial charge < -0.3 is 4.74 Å². The maximum Gasteiger partial charge on any atom is 0.431 e. The maximum absolute atomic E-state index is 13.4. The van der Waals surface area contributed by atoms with Gasteiger partial charge in [-0.2, -0.15) is 18.3 Å². The lowest BCUT2D eigenvalue weighted by atomic mass is 10.1. The van der Waals surface area contributed by atoms with E-state index in [1.807, 2.05) is 0 Å². The van der Waals surface area contributed by atoms with Crippen molar-refractivity contribution < 1.29 is 27.1 Å². The van der Waals surface area contributed by atoms with Gasteiger partial charge in [0.2, 0.25) is 5.13 Å². The van der Waals surface area contributed by atoms with Gasteiger partial charge in [0.05, 0.1) is 18.7 Å². The van der Waals surface area contributed by atoms with E-state index >= 15 is 0 Å². The second-order valence-corrected chi connectivity index (χ2v) is 7.13. The lowest BCUT2D eigenvalue weighted by Crippen LogP contribution is -2.27. The van der Waals surface area contributed by atoms with Gasteiger partial charge in [0.15, 0.2) is 5.78 Å². The van der Waals surface area contributed by atoms with Gasteiger partial charge in [-0.15, -0.1) is 11.3 Å². The Labute approximate surface area is 179 Å². The Kier molecular flexibility index (Phi) is 7.01. The van der Waals surface area contributed by atoms with Crippen LogP contribution in [0.2, 0.25) is 0 Å². The standard InChI is InChI=1S/C21H17F4N3O2S/c1-2-30-16-9-5-14(6-10-16)18(29)11-19(21(23,24)25)27-28-20-26-17(12-31-20)13-3-7-15(22)8-4-13/h3-10,12H,2,11H2,1H3,(H,26,28)/b27-19+. The van der Waals surface area contributed by atoms with Crippen LogP contribution in [0.4, 0.5) is 22.7 Å². The van der Waals surface area contributed by atoms with Crippen LogP contribution in [-0.2, 0) is 0 Å². The van der Waals surface area contributed by atoms with Crippen LogP contribution in [0.5, 0.6) is 5.75 Å². The van der Waals surface area contributed by atoms with Crippen molar-refractivity contribution in [2.24, 2.45) is 5.10 Å². The summed E-state index contributed by atoms with van der Waals surface area (Å²) in [5, 5.41) is 5.09. The van der Waals surface area contributed by atoms with Crippen LogP contribution in [0.1, 0.15) is 23.7 Å². The number of anilines is 1. The van der Waals surface area contributed by atoms with Crippen LogP contribution in [-0.4, -0.2) is 29.3 Å². The number of halogens is 4. The predicted molar refractivity (Wildman–Crippen MR) is 111 cm³/mol. The highest BCUT2D eigenvalue weighted by Crippen LogP contribution is 2.26. The zero-order valence-corrected chi connectivity index (χ0v) is 17.1. The molecule has 0 unspecified atom stereocenters. The first kappa shape index (κ1) is 22.4. The van der Waals surface area contributed by atoms with E-state index in [9.17, 15) is 22.4 Å². The Morgan fingerprint density at radius 3 is 2.42 bits per heavy atom. The van der Waals surface area contributed by atoms with Gasteiger partial charge in [0, 0.05) is 16.5 Å². The summed E-state index contributed by atoms with van der Waals surface area (Å²) in [7, 11) is 0. The molecule has 0 aliphatic rings. The third kappa shape index (κ3) is 6.11. The summed E-state index contributed by atoms with van der Waals surface area (Å²) in [5.74, 6) is -0.618. The molecule has 1 aromatic heterocycles. The lowest BCUT2D eigenvalue weighted by Gasteiger charge is -2.10. The molecule has 0 atom stereocenters. The Balaban J connectivity index is 1.72. The van der Waals surface area contributed by atoms with Crippen LogP contribution in [0.25, 0.3) is 11.3 Å². The number of ether oxygens (including phenoxy) is 1. The van der Waals surface area contributed by atoms with Gasteiger partial charge in [-0.05, 0) is 55.5 Å². The van der Waals surface area contributed by atoms with Crippen molar-refractivity contribution in [3.63, 3.8) is 0 Å². The van der Waals surface area contributed by atoms with Gasteiger partial charge in [0.25, 0.3) is 0 Å². The van der Waals surface area contributed by atoms with Gasteiger partial charge >= 0.3 is 6.18 Å². The average molecular weight is 451 g/mol. The molecule has 10 heteroatoms. The van der Waals surface area contributed by atoms with E-state index in [0.29, 0.717) is 23.6 Å². The number of rotatable bonds is 8. The molecule has 1 heterocycles. The molecule has 3 rings (SSSR count).